The van der Waals surface area contributed by atoms with Gasteiger partial charge in [0, 0.05) is 18.1 Å². The molecular formula is C13H14ClN3O2S. The lowest BCUT2D eigenvalue weighted by Crippen LogP contribution is -2.12. The lowest BCUT2D eigenvalue weighted by Gasteiger charge is -2.04. The topological polar surface area (TPSA) is 64.0 Å². The highest BCUT2D eigenvalue weighted by Gasteiger charge is 2.10. The predicted octanol–water partition coefficient (Wildman–Crippen LogP) is 2.79. The van der Waals surface area contributed by atoms with Crippen molar-refractivity contribution in [2.24, 2.45) is 7.05 Å². The zero-order valence-electron chi connectivity index (χ0n) is 11.0. The molecule has 1 aromatic carbocycles. The molecule has 0 aliphatic carbocycles. The average molecular weight is 312 g/mol. The van der Waals surface area contributed by atoms with Gasteiger partial charge in [0.05, 0.1) is 11.1 Å². The summed E-state index contributed by atoms with van der Waals surface area (Å²) < 4.78 is 27.8. The number of sulfonamides is 1. The van der Waals surface area contributed by atoms with E-state index in [0.717, 1.165) is 11.1 Å². The lowest BCUT2D eigenvalue weighted by molar-refractivity contribution is 0.608. The van der Waals surface area contributed by atoms with Gasteiger partial charge in [-0.25, -0.2) is 8.42 Å². The van der Waals surface area contributed by atoms with Crippen LogP contribution in [-0.4, -0.2) is 18.2 Å². The molecule has 0 spiro atoms. The minimum Gasteiger partial charge on any atom is -0.264 e. The number of hydrogen-bond acceptors (Lipinski definition) is 3. The Morgan fingerprint density at radius 1 is 1.35 bits per heavy atom. The van der Waals surface area contributed by atoms with Crippen LogP contribution in [0.3, 0.4) is 0 Å². The molecule has 0 fully saturated rings. The van der Waals surface area contributed by atoms with Crippen molar-refractivity contribution < 1.29 is 8.42 Å². The molecule has 106 valence electrons. The van der Waals surface area contributed by atoms with Crippen molar-refractivity contribution in [2.75, 3.05) is 4.72 Å². The molecule has 0 amide bonds. The number of hydrogen-bond donors (Lipinski definition) is 1. The summed E-state index contributed by atoms with van der Waals surface area (Å²) in [6.07, 6.45) is 1.45. The smallest absolute Gasteiger partial charge is 0.256 e. The van der Waals surface area contributed by atoms with Gasteiger partial charge in [-0.1, -0.05) is 29.8 Å². The van der Waals surface area contributed by atoms with Gasteiger partial charge in [0.15, 0.2) is 0 Å². The molecule has 1 heterocycles. The molecule has 7 heteroatoms. The van der Waals surface area contributed by atoms with E-state index in [2.05, 4.69) is 9.82 Å². The summed E-state index contributed by atoms with van der Waals surface area (Å²) in [6, 6.07) is 8.66. The van der Waals surface area contributed by atoms with Gasteiger partial charge in [-0.05, 0) is 24.6 Å². The van der Waals surface area contributed by atoms with E-state index >= 15 is 0 Å². The van der Waals surface area contributed by atoms with Crippen molar-refractivity contribution in [3.63, 3.8) is 0 Å². The van der Waals surface area contributed by atoms with Crippen LogP contribution in [0, 0.1) is 6.92 Å². The van der Waals surface area contributed by atoms with Crippen LogP contribution < -0.4 is 4.72 Å². The van der Waals surface area contributed by atoms with Crippen LogP contribution in [0.2, 0.25) is 5.02 Å². The minimum atomic E-state index is -3.61. The summed E-state index contributed by atoms with van der Waals surface area (Å²) in [5.41, 5.74) is 1.38. The second-order valence-electron chi connectivity index (χ2n) is 4.27. The van der Waals surface area contributed by atoms with Crippen LogP contribution in [-0.2, 0) is 17.1 Å². The zero-order chi connectivity index (χ0) is 14.8. The number of nitrogens with zero attached hydrogens (tertiary/aromatic N) is 2. The van der Waals surface area contributed by atoms with Crippen molar-refractivity contribution in [2.45, 2.75) is 6.92 Å². The number of aromatic nitrogens is 2. The highest BCUT2D eigenvalue weighted by atomic mass is 35.5. The van der Waals surface area contributed by atoms with Crippen molar-refractivity contribution in [3.8, 4) is 0 Å². The molecule has 0 unspecified atom stereocenters. The Kier molecular flexibility index (Phi) is 4.15. The van der Waals surface area contributed by atoms with Crippen molar-refractivity contribution >= 4 is 33.5 Å². The number of aryl methyl sites for hydroxylation is 2. The van der Waals surface area contributed by atoms with E-state index in [1.54, 1.807) is 44.3 Å². The molecule has 1 N–H and O–H groups in total. The maximum Gasteiger partial charge on any atom is 0.256 e. The van der Waals surface area contributed by atoms with E-state index in [-0.39, 0.29) is 0 Å². The number of nitrogens with one attached hydrogen (secondary N) is 1. The Bertz CT molecular complexity index is 751. The molecule has 5 nitrogen and oxygen atoms in total. The molecule has 0 aliphatic heterocycles. The Morgan fingerprint density at radius 2 is 2.05 bits per heavy atom. The van der Waals surface area contributed by atoms with Crippen LogP contribution in [0.1, 0.15) is 11.3 Å². The van der Waals surface area contributed by atoms with Crippen LogP contribution in [0.5, 0.6) is 0 Å². The van der Waals surface area contributed by atoms with Gasteiger partial charge in [-0.3, -0.25) is 9.40 Å². The molecule has 0 aliphatic rings. The highest BCUT2D eigenvalue weighted by Crippen LogP contribution is 2.17. The fourth-order valence-corrected chi connectivity index (χ4v) is 2.73. The Morgan fingerprint density at radius 3 is 2.65 bits per heavy atom. The molecule has 1 aromatic heterocycles. The fraction of sp³-hybridized carbons (Fsp3) is 0.154. The minimum absolute atomic E-state index is 0.409. The van der Waals surface area contributed by atoms with Gasteiger partial charge in [0.25, 0.3) is 10.0 Å². The van der Waals surface area contributed by atoms with Crippen molar-refractivity contribution in [1.82, 2.24) is 9.78 Å². The summed E-state index contributed by atoms with van der Waals surface area (Å²) in [6.45, 7) is 1.79. The number of anilines is 1. The molecule has 2 aromatic rings. The Hall–Kier alpha value is -1.79. The van der Waals surface area contributed by atoms with Gasteiger partial charge in [-0.2, -0.15) is 5.10 Å². The van der Waals surface area contributed by atoms with Crippen molar-refractivity contribution in [3.05, 3.63) is 52.0 Å². The van der Waals surface area contributed by atoms with E-state index in [1.165, 1.54) is 10.8 Å². The highest BCUT2D eigenvalue weighted by molar-refractivity contribution is 7.95. The number of halogens is 1. The second-order valence-corrected chi connectivity index (χ2v) is 6.24. The van der Waals surface area contributed by atoms with E-state index in [9.17, 15) is 8.42 Å². The van der Waals surface area contributed by atoms with E-state index in [1.807, 2.05) is 0 Å². The fourth-order valence-electron chi connectivity index (χ4n) is 1.66. The van der Waals surface area contributed by atoms with Gasteiger partial charge in [0.2, 0.25) is 0 Å². The first-order chi connectivity index (χ1) is 9.37. The van der Waals surface area contributed by atoms with Gasteiger partial charge in [0.1, 0.15) is 5.82 Å². The molecule has 0 bridgehead atoms. The predicted molar refractivity (Wildman–Crippen MR) is 81.0 cm³/mol. The van der Waals surface area contributed by atoms with E-state index < -0.39 is 10.0 Å². The maximum absolute atomic E-state index is 12.0. The number of benzene rings is 1. The van der Waals surface area contributed by atoms with Crippen LogP contribution >= 0.6 is 11.6 Å². The quantitative estimate of drug-likeness (QED) is 0.944. The molecule has 0 saturated heterocycles. The Balaban J connectivity index is 2.20. The van der Waals surface area contributed by atoms with Crippen LogP contribution in [0.4, 0.5) is 5.82 Å². The van der Waals surface area contributed by atoms with Gasteiger partial charge in [-0.15, -0.1) is 0 Å². The Labute approximate surface area is 122 Å². The largest absolute Gasteiger partial charge is 0.264 e. The third kappa shape index (κ3) is 3.61. The van der Waals surface area contributed by atoms with Crippen LogP contribution in [0.15, 0.2) is 35.7 Å². The summed E-state index contributed by atoms with van der Waals surface area (Å²) in [5.74, 6) is 0.409. The maximum atomic E-state index is 12.0. The van der Waals surface area contributed by atoms with Gasteiger partial charge >= 0.3 is 0 Å². The molecule has 20 heavy (non-hydrogen) atoms. The summed E-state index contributed by atoms with van der Waals surface area (Å²) in [4.78, 5) is 0. The normalized spacial score (nSPS) is 11.9. The first-order valence-corrected chi connectivity index (χ1v) is 7.76. The SMILES string of the molecule is Cc1cc(NS(=O)(=O)/C=C\c2ccccc2Cl)n(C)n1. The van der Waals surface area contributed by atoms with Crippen LogP contribution in [0.25, 0.3) is 6.08 Å². The standard InChI is InChI=1S/C13H14ClN3O2S/c1-10-9-13(17(2)15-10)16-20(18,19)8-7-11-5-3-4-6-12(11)14/h3-9,16H,1-2H3/b8-7-. The molecule has 0 radical (unpaired) electrons. The zero-order valence-corrected chi connectivity index (χ0v) is 12.6. The summed E-state index contributed by atoms with van der Waals surface area (Å²) >= 11 is 5.96. The third-order valence-electron chi connectivity index (χ3n) is 2.58. The first-order valence-electron chi connectivity index (χ1n) is 5.83. The van der Waals surface area contributed by atoms with Gasteiger partial charge < -0.3 is 0 Å². The summed E-state index contributed by atoms with van der Waals surface area (Å²) in [7, 11) is -1.94. The van der Waals surface area contributed by atoms with Crippen molar-refractivity contribution in [1.29, 1.82) is 0 Å². The monoisotopic (exact) mass is 311 g/mol. The molecule has 0 atom stereocenters. The number of rotatable bonds is 4. The third-order valence-corrected chi connectivity index (χ3v) is 3.91. The molecular weight excluding hydrogens is 298 g/mol. The van der Waals surface area contributed by atoms with E-state index in [0.29, 0.717) is 16.4 Å². The van der Waals surface area contributed by atoms with E-state index in [4.69, 9.17) is 11.6 Å². The molecule has 0 saturated carbocycles. The summed E-state index contributed by atoms with van der Waals surface area (Å²) in [5, 5.41) is 5.65. The first kappa shape index (κ1) is 14.6. The lowest BCUT2D eigenvalue weighted by atomic mass is 10.2. The second kappa shape index (κ2) is 5.68. The molecule has 2 rings (SSSR count). The average Bonchev–Trinajstić information content (AvgIpc) is 2.66.